The van der Waals surface area contributed by atoms with Crippen molar-refractivity contribution in [3.8, 4) is 0 Å². The molecular weight excluding hydrogens is 278 g/mol. The Labute approximate surface area is 122 Å². The fourth-order valence-electron chi connectivity index (χ4n) is 2.68. The van der Waals surface area contributed by atoms with Gasteiger partial charge in [-0.15, -0.1) is 11.3 Å². The summed E-state index contributed by atoms with van der Waals surface area (Å²) in [6.45, 7) is 2.07. The first-order valence-electron chi connectivity index (χ1n) is 6.92. The van der Waals surface area contributed by atoms with Crippen molar-refractivity contribution in [2.45, 2.75) is 51.5 Å². The number of hydrogen-bond donors (Lipinski definition) is 1. The van der Waals surface area contributed by atoms with Gasteiger partial charge in [-0.1, -0.05) is 37.3 Å². The lowest BCUT2D eigenvalue weighted by Crippen LogP contribution is -2.19. The number of aryl methyl sites for hydroxylation is 1. The number of halogens is 1. The molecule has 0 radical (unpaired) electrons. The SMILES string of the molecule is Cc1cc2c(Cl)nc(NC3CCCCCC3)nc2s1. The van der Waals surface area contributed by atoms with Gasteiger partial charge in [0.1, 0.15) is 9.98 Å². The predicted molar refractivity (Wildman–Crippen MR) is 82.3 cm³/mol. The van der Waals surface area contributed by atoms with Crippen LogP contribution in [0.3, 0.4) is 0 Å². The Balaban J connectivity index is 1.83. The Hall–Kier alpha value is -0.870. The maximum atomic E-state index is 6.24. The fraction of sp³-hybridized carbons (Fsp3) is 0.571. The minimum Gasteiger partial charge on any atom is -0.351 e. The quantitative estimate of drug-likeness (QED) is 0.639. The zero-order chi connectivity index (χ0) is 13.2. The third-order valence-corrected chi connectivity index (χ3v) is 4.89. The molecule has 0 atom stereocenters. The fourth-order valence-corrected chi connectivity index (χ4v) is 3.84. The van der Waals surface area contributed by atoms with Gasteiger partial charge >= 0.3 is 0 Å². The zero-order valence-corrected chi connectivity index (χ0v) is 12.7. The highest BCUT2D eigenvalue weighted by Crippen LogP contribution is 2.30. The number of thiophene rings is 1. The predicted octanol–water partition coefficient (Wildman–Crippen LogP) is 4.79. The van der Waals surface area contributed by atoms with Gasteiger partial charge in [0.2, 0.25) is 5.95 Å². The lowest BCUT2D eigenvalue weighted by Gasteiger charge is -2.16. The standard InChI is InChI=1S/C14H18ClN3S/c1-9-8-11-12(15)17-14(18-13(11)19-9)16-10-6-4-2-3-5-7-10/h8,10H,2-7H2,1H3,(H,16,17,18). The molecular formula is C14H18ClN3S. The number of nitrogens with zero attached hydrogens (tertiary/aromatic N) is 2. The molecule has 1 aliphatic rings. The second kappa shape index (κ2) is 5.63. The van der Waals surface area contributed by atoms with E-state index in [0.717, 1.165) is 10.2 Å². The minimum atomic E-state index is 0.497. The Kier molecular flexibility index (Phi) is 3.89. The molecule has 0 saturated heterocycles. The van der Waals surface area contributed by atoms with Crippen LogP contribution in [-0.4, -0.2) is 16.0 Å². The summed E-state index contributed by atoms with van der Waals surface area (Å²) >= 11 is 7.91. The third kappa shape index (κ3) is 3.00. The summed E-state index contributed by atoms with van der Waals surface area (Å²) < 4.78 is 0. The normalized spacial score (nSPS) is 17.6. The van der Waals surface area contributed by atoms with Gasteiger partial charge in [0, 0.05) is 16.3 Å². The van der Waals surface area contributed by atoms with Gasteiger partial charge in [0.15, 0.2) is 0 Å². The molecule has 2 heterocycles. The highest BCUT2D eigenvalue weighted by molar-refractivity contribution is 7.18. The van der Waals surface area contributed by atoms with Crippen LogP contribution >= 0.6 is 22.9 Å². The molecule has 0 amide bonds. The second-order valence-corrected chi connectivity index (χ2v) is 6.84. The smallest absolute Gasteiger partial charge is 0.225 e. The highest BCUT2D eigenvalue weighted by atomic mass is 35.5. The van der Waals surface area contributed by atoms with Crippen molar-refractivity contribution in [2.24, 2.45) is 0 Å². The molecule has 0 spiro atoms. The first-order valence-corrected chi connectivity index (χ1v) is 8.12. The molecule has 0 bridgehead atoms. The van der Waals surface area contributed by atoms with Gasteiger partial charge in [-0.05, 0) is 25.8 Å². The summed E-state index contributed by atoms with van der Waals surface area (Å²) in [5, 5.41) is 4.99. The van der Waals surface area contributed by atoms with E-state index < -0.39 is 0 Å². The zero-order valence-electron chi connectivity index (χ0n) is 11.1. The van der Waals surface area contributed by atoms with E-state index >= 15 is 0 Å². The van der Waals surface area contributed by atoms with Crippen LogP contribution < -0.4 is 5.32 Å². The third-order valence-electron chi connectivity index (χ3n) is 3.66. The number of fused-ring (bicyclic) bond motifs is 1. The monoisotopic (exact) mass is 295 g/mol. The molecule has 0 aliphatic heterocycles. The van der Waals surface area contributed by atoms with Crippen molar-refractivity contribution in [3.63, 3.8) is 0 Å². The maximum Gasteiger partial charge on any atom is 0.225 e. The summed E-state index contributed by atoms with van der Waals surface area (Å²) in [5.74, 6) is 0.686. The molecule has 2 aromatic heterocycles. The topological polar surface area (TPSA) is 37.8 Å². The Morgan fingerprint density at radius 2 is 1.95 bits per heavy atom. The Bertz CT molecular complexity index is 573. The molecule has 1 saturated carbocycles. The molecule has 3 nitrogen and oxygen atoms in total. The average Bonchev–Trinajstić information content (AvgIpc) is 2.59. The molecule has 0 unspecified atom stereocenters. The first-order chi connectivity index (χ1) is 9.22. The van der Waals surface area contributed by atoms with Gasteiger partial charge in [0.25, 0.3) is 0 Å². The summed E-state index contributed by atoms with van der Waals surface area (Å²) in [6.07, 6.45) is 7.72. The van der Waals surface area contributed by atoms with Crippen LogP contribution in [-0.2, 0) is 0 Å². The van der Waals surface area contributed by atoms with Gasteiger partial charge in [-0.2, -0.15) is 0 Å². The molecule has 19 heavy (non-hydrogen) atoms. The van der Waals surface area contributed by atoms with Crippen molar-refractivity contribution in [3.05, 3.63) is 16.1 Å². The minimum absolute atomic E-state index is 0.497. The molecule has 1 aliphatic carbocycles. The van der Waals surface area contributed by atoms with Crippen molar-refractivity contribution >= 4 is 39.1 Å². The Morgan fingerprint density at radius 3 is 2.68 bits per heavy atom. The van der Waals surface area contributed by atoms with E-state index in [1.807, 2.05) is 0 Å². The summed E-state index contributed by atoms with van der Waals surface area (Å²) in [7, 11) is 0. The Morgan fingerprint density at radius 1 is 1.21 bits per heavy atom. The van der Waals surface area contributed by atoms with Crippen LogP contribution in [0.15, 0.2) is 6.07 Å². The molecule has 102 valence electrons. The number of nitrogens with one attached hydrogen (secondary N) is 1. The van der Waals surface area contributed by atoms with E-state index in [1.54, 1.807) is 11.3 Å². The van der Waals surface area contributed by atoms with Crippen LogP contribution in [0.2, 0.25) is 5.15 Å². The van der Waals surface area contributed by atoms with E-state index in [-0.39, 0.29) is 0 Å². The highest BCUT2D eigenvalue weighted by Gasteiger charge is 2.15. The van der Waals surface area contributed by atoms with Crippen molar-refractivity contribution in [1.82, 2.24) is 9.97 Å². The number of hydrogen-bond acceptors (Lipinski definition) is 4. The van der Waals surface area contributed by atoms with E-state index in [2.05, 4.69) is 28.3 Å². The average molecular weight is 296 g/mol. The van der Waals surface area contributed by atoms with Crippen LogP contribution in [0.25, 0.3) is 10.2 Å². The van der Waals surface area contributed by atoms with Crippen molar-refractivity contribution < 1.29 is 0 Å². The molecule has 1 fully saturated rings. The summed E-state index contributed by atoms with van der Waals surface area (Å²) in [4.78, 5) is 11.2. The summed E-state index contributed by atoms with van der Waals surface area (Å²) in [6, 6.07) is 2.55. The molecule has 5 heteroatoms. The van der Waals surface area contributed by atoms with Gasteiger partial charge in [0.05, 0.1) is 0 Å². The molecule has 1 N–H and O–H groups in total. The number of aromatic nitrogens is 2. The van der Waals surface area contributed by atoms with E-state index in [4.69, 9.17) is 11.6 Å². The van der Waals surface area contributed by atoms with E-state index in [9.17, 15) is 0 Å². The largest absolute Gasteiger partial charge is 0.351 e. The van der Waals surface area contributed by atoms with E-state index in [0.29, 0.717) is 17.1 Å². The summed E-state index contributed by atoms with van der Waals surface area (Å²) in [5.41, 5.74) is 0. The van der Waals surface area contributed by atoms with Gasteiger partial charge < -0.3 is 5.32 Å². The maximum absolute atomic E-state index is 6.24. The second-order valence-electron chi connectivity index (χ2n) is 5.25. The van der Waals surface area contributed by atoms with Crippen molar-refractivity contribution in [1.29, 1.82) is 0 Å². The van der Waals surface area contributed by atoms with Crippen LogP contribution in [0.4, 0.5) is 5.95 Å². The van der Waals surface area contributed by atoms with Crippen molar-refractivity contribution in [2.75, 3.05) is 5.32 Å². The van der Waals surface area contributed by atoms with Gasteiger partial charge in [-0.3, -0.25) is 0 Å². The molecule has 0 aromatic carbocycles. The van der Waals surface area contributed by atoms with Crippen LogP contribution in [0.1, 0.15) is 43.4 Å². The molecule has 3 rings (SSSR count). The lowest BCUT2D eigenvalue weighted by molar-refractivity contribution is 0.615. The van der Waals surface area contributed by atoms with Crippen LogP contribution in [0, 0.1) is 6.92 Å². The van der Waals surface area contributed by atoms with Gasteiger partial charge in [-0.25, -0.2) is 9.97 Å². The van der Waals surface area contributed by atoms with Crippen LogP contribution in [0.5, 0.6) is 0 Å². The molecule has 2 aromatic rings. The lowest BCUT2D eigenvalue weighted by atomic mass is 10.1. The number of anilines is 1. The van der Waals surface area contributed by atoms with E-state index in [1.165, 1.54) is 43.4 Å². The first kappa shape index (κ1) is 13.1. The number of rotatable bonds is 2.